The smallest absolute Gasteiger partial charge is 0.166 e. The van der Waals surface area contributed by atoms with E-state index in [0.717, 1.165) is 17.6 Å². The molecule has 0 aliphatic carbocycles. The molecule has 17 heavy (non-hydrogen) atoms. The number of carbonyl (C=O) groups excluding carboxylic acids is 1. The van der Waals surface area contributed by atoms with Crippen molar-refractivity contribution in [3.05, 3.63) is 52.8 Å². The van der Waals surface area contributed by atoms with Crippen molar-refractivity contribution in [2.24, 2.45) is 0 Å². The fourth-order valence-corrected chi connectivity index (χ4v) is 1.93. The fourth-order valence-electron chi connectivity index (χ4n) is 1.73. The quantitative estimate of drug-likeness (QED) is 0.780. The number of halogens is 1. The van der Waals surface area contributed by atoms with Crippen LogP contribution in [0.5, 0.6) is 5.75 Å². The van der Waals surface area contributed by atoms with Crippen molar-refractivity contribution in [1.29, 1.82) is 0 Å². The van der Waals surface area contributed by atoms with E-state index in [-0.39, 0.29) is 0 Å². The van der Waals surface area contributed by atoms with Gasteiger partial charge in [-0.1, -0.05) is 11.6 Å². The molecule has 0 aliphatic heterocycles. The molecule has 0 fully saturated rings. The van der Waals surface area contributed by atoms with Gasteiger partial charge in [-0.15, -0.1) is 0 Å². The average Bonchev–Trinajstić information content (AvgIpc) is 2.77. The molecule has 2 aromatic rings. The minimum absolute atomic E-state index is 0.560. The third-order valence-electron chi connectivity index (χ3n) is 2.57. The lowest BCUT2D eigenvalue weighted by atomic mass is 10.2. The van der Waals surface area contributed by atoms with E-state index in [1.165, 1.54) is 0 Å². The zero-order chi connectivity index (χ0) is 12.3. The van der Waals surface area contributed by atoms with Gasteiger partial charge in [0.2, 0.25) is 0 Å². The second-order valence-electron chi connectivity index (χ2n) is 3.63. The van der Waals surface area contributed by atoms with Gasteiger partial charge in [-0.2, -0.15) is 0 Å². The van der Waals surface area contributed by atoms with E-state index in [4.69, 9.17) is 16.3 Å². The van der Waals surface area contributed by atoms with Gasteiger partial charge in [-0.05, 0) is 30.3 Å². The zero-order valence-corrected chi connectivity index (χ0v) is 10.1. The van der Waals surface area contributed by atoms with Gasteiger partial charge in [0.05, 0.1) is 19.3 Å². The lowest BCUT2D eigenvalue weighted by molar-refractivity contribution is 0.111. The standard InChI is InChI=1S/C13H12ClNO2/c1-17-13-5-4-11(14)7-10(13)8-15-6-2-3-12(15)9-16/h2-7,9H,8H2,1H3. The second-order valence-corrected chi connectivity index (χ2v) is 4.07. The molecular formula is C13H12ClNO2. The first-order chi connectivity index (χ1) is 8.24. The van der Waals surface area contributed by atoms with Crippen LogP contribution in [0.2, 0.25) is 5.02 Å². The van der Waals surface area contributed by atoms with E-state index in [2.05, 4.69) is 0 Å². The van der Waals surface area contributed by atoms with Gasteiger partial charge in [0.15, 0.2) is 6.29 Å². The summed E-state index contributed by atoms with van der Waals surface area (Å²) in [6, 6.07) is 9.04. The summed E-state index contributed by atoms with van der Waals surface area (Å²) in [6.07, 6.45) is 2.68. The summed E-state index contributed by atoms with van der Waals surface area (Å²) in [7, 11) is 1.61. The Morgan fingerprint density at radius 1 is 1.41 bits per heavy atom. The van der Waals surface area contributed by atoms with Crippen molar-refractivity contribution in [3.63, 3.8) is 0 Å². The van der Waals surface area contributed by atoms with E-state index in [1.54, 1.807) is 19.2 Å². The number of hydrogen-bond acceptors (Lipinski definition) is 2. The van der Waals surface area contributed by atoms with Gasteiger partial charge in [-0.25, -0.2) is 0 Å². The number of hydrogen-bond donors (Lipinski definition) is 0. The zero-order valence-electron chi connectivity index (χ0n) is 9.39. The van der Waals surface area contributed by atoms with Crippen molar-refractivity contribution >= 4 is 17.9 Å². The van der Waals surface area contributed by atoms with E-state index in [9.17, 15) is 4.79 Å². The molecule has 4 heteroatoms. The molecule has 0 saturated heterocycles. The molecule has 0 amide bonds. The van der Waals surface area contributed by atoms with Crippen molar-refractivity contribution in [1.82, 2.24) is 4.57 Å². The van der Waals surface area contributed by atoms with E-state index in [1.807, 2.05) is 29.0 Å². The SMILES string of the molecule is COc1ccc(Cl)cc1Cn1cccc1C=O. The first kappa shape index (κ1) is 11.7. The summed E-state index contributed by atoms with van der Waals surface area (Å²) in [6.45, 7) is 0.560. The minimum atomic E-state index is 0.560. The van der Waals surface area contributed by atoms with Gasteiger partial charge in [-0.3, -0.25) is 4.79 Å². The summed E-state index contributed by atoms with van der Waals surface area (Å²) in [5, 5.41) is 0.653. The van der Waals surface area contributed by atoms with Gasteiger partial charge in [0.1, 0.15) is 5.75 Å². The molecule has 0 atom stereocenters. The highest BCUT2D eigenvalue weighted by molar-refractivity contribution is 6.30. The lowest BCUT2D eigenvalue weighted by Crippen LogP contribution is -2.03. The molecule has 0 saturated carbocycles. The molecule has 0 bridgehead atoms. The molecule has 1 aromatic carbocycles. The predicted molar refractivity (Wildman–Crippen MR) is 66.9 cm³/mol. The minimum Gasteiger partial charge on any atom is -0.496 e. The highest BCUT2D eigenvalue weighted by atomic mass is 35.5. The van der Waals surface area contributed by atoms with Crippen LogP contribution in [0.1, 0.15) is 16.1 Å². The molecule has 1 aromatic heterocycles. The predicted octanol–water partition coefficient (Wildman–Crippen LogP) is 3.01. The largest absolute Gasteiger partial charge is 0.496 e. The number of methoxy groups -OCH3 is 1. The van der Waals surface area contributed by atoms with Crippen LogP contribution in [0.4, 0.5) is 0 Å². The van der Waals surface area contributed by atoms with Crippen molar-refractivity contribution in [2.75, 3.05) is 7.11 Å². The van der Waals surface area contributed by atoms with Gasteiger partial charge in [0, 0.05) is 16.8 Å². The molecular weight excluding hydrogens is 238 g/mol. The monoisotopic (exact) mass is 249 g/mol. The Morgan fingerprint density at radius 3 is 2.94 bits per heavy atom. The normalized spacial score (nSPS) is 10.2. The topological polar surface area (TPSA) is 31.2 Å². The second kappa shape index (κ2) is 5.06. The molecule has 2 rings (SSSR count). The number of benzene rings is 1. The van der Waals surface area contributed by atoms with E-state index >= 15 is 0 Å². The molecule has 0 radical (unpaired) electrons. The number of rotatable bonds is 4. The summed E-state index contributed by atoms with van der Waals surface area (Å²) in [4.78, 5) is 10.8. The number of aldehydes is 1. The maximum atomic E-state index is 10.8. The van der Waals surface area contributed by atoms with Crippen LogP contribution < -0.4 is 4.74 Å². The Balaban J connectivity index is 2.35. The third-order valence-corrected chi connectivity index (χ3v) is 2.80. The van der Waals surface area contributed by atoms with Gasteiger partial charge >= 0.3 is 0 Å². The van der Waals surface area contributed by atoms with E-state index < -0.39 is 0 Å². The van der Waals surface area contributed by atoms with Crippen LogP contribution >= 0.6 is 11.6 Å². The van der Waals surface area contributed by atoms with Crippen molar-refractivity contribution in [3.8, 4) is 5.75 Å². The summed E-state index contributed by atoms with van der Waals surface area (Å²) < 4.78 is 7.11. The Kier molecular flexibility index (Phi) is 3.49. The Labute approximate surface area is 105 Å². The van der Waals surface area contributed by atoms with Crippen LogP contribution in [0, 0.1) is 0 Å². The number of aromatic nitrogens is 1. The molecule has 88 valence electrons. The molecule has 1 heterocycles. The Morgan fingerprint density at radius 2 is 2.24 bits per heavy atom. The highest BCUT2D eigenvalue weighted by Gasteiger charge is 2.06. The molecule has 0 N–H and O–H groups in total. The van der Waals surface area contributed by atoms with Crippen LogP contribution in [0.25, 0.3) is 0 Å². The van der Waals surface area contributed by atoms with Crippen LogP contribution in [-0.4, -0.2) is 18.0 Å². The fraction of sp³-hybridized carbons (Fsp3) is 0.154. The van der Waals surface area contributed by atoms with Crippen LogP contribution in [0.15, 0.2) is 36.5 Å². The number of nitrogens with zero attached hydrogens (tertiary/aromatic N) is 1. The highest BCUT2D eigenvalue weighted by Crippen LogP contribution is 2.23. The van der Waals surface area contributed by atoms with Crippen molar-refractivity contribution < 1.29 is 9.53 Å². The van der Waals surface area contributed by atoms with Gasteiger partial charge in [0.25, 0.3) is 0 Å². The van der Waals surface area contributed by atoms with Crippen molar-refractivity contribution in [2.45, 2.75) is 6.54 Å². The Hall–Kier alpha value is -1.74. The summed E-state index contributed by atoms with van der Waals surface area (Å²) in [5.41, 5.74) is 1.58. The lowest BCUT2D eigenvalue weighted by Gasteiger charge is -2.10. The summed E-state index contributed by atoms with van der Waals surface area (Å²) >= 11 is 5.95. The maximum absolute atomic E-state index is 10.8. The number of carbonyl (C=O) groups is 1. The molecule has 0 spiro atoms. The van der Waals surface area contributed by atoms with Crippen LogP contribution in [0.3, 0.4) is 0 Å². The Bertz CT molecular complexity index is 534. The number of ether oxygens (including phenoxy) is 1. The molecule has 0 unspecified atom stereocenters. The summed E-state index contributed by atoms with van der Waals surface area (Å²) in [5.74, 6) is 0.764. The first-order valence-electron chi connectivity index (χ1n) is 5.17. The third kappa shape index (κ3) is 2.50. The maximum Gasteiger partial charge on any atom is 0.166 e. The van der Waals surface area contributed by atoms with Crippen LogP contribution in [-0.2, 0) is 6.54 Å². The average molecular weight is 250 g/mol. The first-order valence-corrected chi connectivity index (χ1v) is 5.55. The molecule has 0 aliphatic rings. The van der Waals surface area contributed by atoms with Gasteiger partial charge < -0.3 is 9.30 Å². The van der Waals surface area contributed by atoms with E-state index in [0.29, 0.717) is 17.3 Å². The molecule has 3 nitrogen and oxygen atoms in total.